The predicted octanol–water partition coefficient (Wildman–Crippen LogP) is 9.21. The van der Waals surface area contributed by atoms with Crippen LogP contribution in [0.2, 0.25) is 0 Å². The second-order valence-electron chi connectivity index (χ2n) is 15.1. The summed E-state index contributed by atoms with van der Waals surface area (Å²) in [5.74, 6) is 0. The molecule has 0 unspecified atom stereocenters. The summed E-state index contributed by atoms with van der Waals surface area (Å²) < 4.78 is 0. The second-order valence-corrected chi connectivity index (χ2v) is 15.1. The number of aryl methyl sites for hydroxylation is 4. The average molecular weight is 719 g/mol. The smallest absolute Gasteiger partial charge is 0.240 e. The van der Waals surface area contributed by atoms with E-state index in [4.69, 9.17) is 0 Å². The predicted molar refractivity (Wildman–Crippen MR) is 243 cm³/mol. The number of benzene rings is 8. The van der Waals surface area contributed by atoms with Crippen molar-refractivity contribution >= 4 is 80.3 Å². The lowest BCUT2D eigenvalue weighted by molar-refractivity contribution is 1.26. The topological polar surface area (TPSA) is 6.48 Å². The minimum atomic E-state index is 0.112. The molecule has 268 valence electrons. The zero-order chi connectivity index (χ0) is 38.2. The fourth-order valence-corrected chi connectivity index (χ4v) is 9.31. The van der Waals surface area contributed by atoms with Crippen LogP contribution in [0.1, 0.15) is 22.3 Å². The van der Waals surface area contributed by atoms with E-state index in [1.807, 2.05) is 0 Å². The Kier molecular flexibility index (Phi) is 9.41. The normalized spacial score (nSPS) is 11.9. The standard InChI is InChI=1S/C52H44B2N2/c1-37-33-45(55(41-21-9-5-10-22-41)42-23-11-6-12-24-42)34-38(2)51(37)53-47-29-17-19-31-49(47)54(50-32-20-18-30-48(50)53)52-39(3)35-46(36-40(52)4)56(43-25-13-7-14-26-43)44-27-15-8-16-28-44/h5-36H,1-4H3. The summed E-state index contributed by atoms with van der Waals surface area (Å²) in [7, 11) is 0. The molecule has 1 aliphatic heterocycles. The van der Waals surface area contributed by atoms with Crippen molar-refractivity contribution in [3.63, 3.8) is 0 Å². The molecular formula is C52H44B2N2. The summed E-state index contributed by atoms with van der Waals surface area (Å²) in [6.45, 7) is 9.43. The molecule has 2 nitrogen and oxygen atoms in total. The van der Waals surface area contributed by atoms with E-state index >= 15 is 0 Å². The third-order valence-electron chi connectivity index (χ3n) is 11.5. The first kappa shape index (κ1) is 35.2. The molecule has 0 N–H and O–H groups in total. The Bertz CT molecular complexity index is 2290. The van der Waals surface area contributed by atoms with Crippen molar-refractivity contribution in [2.75, 3.05) is 9.80 Å². The van der Waals surface area contributed by atoms with Gasteiger partial charge in [0.15, 0.2) is 0 Å². The summed E-state index contributed by atoms with van der Waals surface area (Å²) in [5.41, 5.74) is 20.4. The van der Waals surface area contributed by atoms with Gasteiger partial charge in [0.1, 0.15) is 0 Å². The van der Waals surface area contributed by atoms with Gasteiger partial charge in [-0.15, -0.1) is 0 Å². The van der Waals surface area contributed by atoms with Gasteiger partial charge in [0.05, 0.1) is 0 Å². The van der Waals surface area contributed by atoms with Crippen molar-refractivity contribution in [2.45, 2.75) is 27.7 Å². The molecule has 0 saturated carbocycles. The fourth-order valence-electron chi connectivity index (χ4n) is 9.31. The summed E-state index contributed by atoms with van der Waals surface area (Å²) in [6, 6.07) is 70.7. The van der Waals surface area contributed by atoms with E-state index in [0.717, 1.165) is 22.7 Å². The summed E-state index contributed by atoms with van der Waals surface area (Å²) in [5, 5.41) is 0. The van der Waals surface area contributed by atoms with E-state index in [1.54, 1.807) is 0 Å². The fraction of sp³-hybridized carbons (Fsp3) is 0.0769. The van der Waals surface area contributed by atoms with Gasteiger partial charge in [0.2, 0.25) is 13.4 Å². The third kappa shape index (κ3) is 6.31. The highest BCUT2D eigenvalue weighted by Crippen LogP contribution is 2.36. The maximum atomic E-state index is 2.39. The second kappa shape index (κ2) is 15.0. The Hall–Kier alpha value is -6.51. The third-order valence-corrected chi connectivity index (χ3v) is 11.5. The molecule has 0 radical (unpaired) electrons. The highest BCUT2D eigenvalue weighted by Gasteiger charge is 2.40. The van der Waals surface area contributed by atoms with Crippen molar-refractivity contribution in [3.8, 4) is 0 Å². The monoisotopic (exact) mass is 718 g/mol. The van der Waals surface area contributed by atoms with Gasteiger partial charge in [-0.05, 0) is 100 Å². The van der Waals surface area contributed by atoms with Crippen molar-refractivity contribution in [1.82, 2.24) is 0 Å². The molecule has 0 aromatic heterocycles. The van der Waals surface area contributed by atoms with Crippen LogP contribution in [0.3, 0.4) is 0 Å². The lowest BCUT2D eigenvalue weighted by atomic mass is 9.20. The number of fused-ring (bicyclic) bond motifs is 2. The number of nitrogens with zero attached hydrogens (tertiary/aromatic N) is 2. The lowest BCUT2D eigenvalue weighted by Crippen LogP contribution is -2.75. The minimum Gasteiger partial charge on any atom is -0.310 e. The summed E-state index contributed by atoms with van der Waals surface area (Å²) in [4.78, 5) is 4.74. The largest absolute Gasteiger partial charge is 0.310 e. The van der Waals surface area contributed by atoms with Crippen LogP contribution in [0.5, 0.6) is 0 Å². The lowest BCUT2D eigenvalue weighted by Gasteiger charge is -2.35. The van der Waals surface area contributed by atoms with Gasteiger partial charge in [0, 0.05) is 34.1 Å². The Morgan fingerprint density at radius 2 is 0.482 bits per heavy atom. The first-order chi connectivity index (χ1) is 27.5. The van der Waals surface area contributed by atoms with Crippen molar-refractivity contribution in [2.24, 2.45) is 0 Å². The van der Waals surface area contributed by atoms with Gasteiger partial charge in [-0.2, -0.15) is 0 Å². The molecule has 0 aliphatic carbocycles. The Balaban J connectivity index is 1.17. The van der Waals surface area contributed by atoms with Gasteiger partial charge < -0.3 is 9.80 Å². The molecule has 1 heterocycles. The molecule has 0 spiro atoms. The van der Waals surface area contributed by atoms with Crippen molar-refractivity contribution in [3.05, 3.63) is 216 Å². The van der Waals surface area contributed by atoms with Crippen LogP contribution in [0.15, 0.2) is 194 Å². The Morgan fingerprint density at radius 1 is 0.268 bits per heavy atom. The molecule has 0 fully saturated rings. The Morgan fingerprint density at radius 3 is 0.714 bits per heavy atom. The highest BCUT2D eigenvalue weighted by atomic mass is 15.1. The van der Waals surface area contributed by atoms with Gasteiger partial charge in [0.25, 0.3) is 0 Å². The molecular weight excluding hydrogens is 674 g/mol. The van der Waals surface area contributed by atoms with Gasteiger partial charge in [-0.3, -0.25) is 0 Å². The first-order valence-electron chi connectivity index (χ1n) is 19.7. The van der Waals surface area contributed by atoms with Crippen LogP contribution in [0.25, 0.3) is 0 Å². The van der Waals surface area contributed by atoms with Crippen LogP contribution >= 0.6 is 0 Å². The molecule has 9 rings (SSSR count). The van der Waals surface area contributed by atoms with E-state index < -0.39 is 0 Å². The summed E-state index contributed by atoms with van der Waals surface area (Å²) in [6.07, 6.45) is 0. The number of hydrogen-bond acceptors (Lipinski definition) is 2. The molecule has 8 aromatic carbocycles. The molecule has 0 bridgehead atoms. The molecule has 56 heavy (non-hydrogen) atoms. The van der Waals surface area contributed by atoms with Gasteiger partial charge in [-0.1, -0.05) is 176 Å². The minimum absolute atomic E-state index is 0.112. The Labute approximate surface area is 332 Å². The first-order valence-corrected chi connectivity index (χ1v) is 19.7. The number of anilines is 6. The summed E-state index contributed by atoms with van der Waals surface area (Å²) >= 11 is 0. The number of rotatable bonds is 8. The van der Waals surface area contributed by atoms with E-state index in [9.17, 15) is 0 Å². The van der Waals surface area contributed by atoms with Crippen molar-refractivity contribution in [1.29, 1.82) is 0 Å². The molecule has 0 saturated heterocycles. The molecule has 0 atom stereocenters. The zero-order valence-corrected chi connectivity index (χ0v) is 32.5. The quantitative estimate of drug-likeness (QED) is 0.145. The zero-order valence-electron chi connectivity index (χ0n) is 32.5. The highest BCUT2D eigenvalue weighted by molar-refractivity contribution is 7.11. The van der Waals surface area contributed by atoms with Gasteiger partial charge in [-0.25, -0.2) is 0 Å². The van der Waals surface area contributed by atoms with E-state index in [1.165, 1.54) is 66.4 Å². The maximum absolute atomic E-state index is 2.39. The number of para-hydroxylation sites is 4. The molecule has 8 aromatic rings. The van der Waals surface area contributed by atoms with Crippen LogP contribution < -0.4 is 42.6 Å². The molecule has 0 amide bonds. The average Bonchev–Trinajstić information content (AvgIpc) is 3.23. The van der Waals surface area contributed by atoms with Crippen LogP contribution in [0, 0.1) is 27.7 Å². The van der Waals surface area contributed by atoms with Crippen LogP contribution in [-0.2, 0) is 0 Å². The van der Waals surface area contributed by atoms with Crippen molar-refractivity contribution < 1.29 is 0 Å². The maximum Gasteiger partial charge on any atom is 0.240 e. The number of hydrogen-bond donors (Lipinski definition) is 0. The van der Waals surface area contributed by atoms with Gasteiger partial charge >= 0.3 is 0 Å². The van der Waals surface area contributed by atoms with E-state index in [2.05, 4.69) is 232 Å². The van der Waals surface area contributed by atoms with Crippen LogP contribution in [0.4, 0.5) is 34.1 Å². The SMILES string of the molecule is Cc1cc(N(c2ccccc2)c2ccccc2)cc(C)c1B1c2ccccc2B(c2c(C)cc(N(c3ccccc3)c3ccccc3)cc2C)c2ccccc21. The van der Waals surface area contributed by atoms with E-state index in [-0.39, 0.29) is 13.4 Å². The van der Waals surface area contributed by atoms with E-state index in [0.29, 0.717) is 0 Å². The molecule has 1 aliphatic rings. The van der Waals surface area contributed by atoms with Crippen LogP contribution in [-0.4, -0.2) is 13.4 Å². The molecule has 4 heteroatoms.